The number of piperazine rings is 1. The van der Waals surface area contributed by atoms with E-state index in [0.29, 0.717) is 26.4 Å². The first-order chi connectivity index (χ1) is 11.2. The Balaban J connectivity index is 0.00000288. The Morgan fingerprint density at radius 2 is 1.71 bits per heavy atom. The second-order valence-electron chi connectivity index (χ2n) is 5.77. The molecular formula is C17H28BrClN2O3. The molecule has 138 valence electrons. The van der Waals surface area contributed by atoms with Gasteiger partial charge in [0.15, 0.2) is 0 Å². The van der Waals surface area contributed by atoms with Gasteiger partial charge in [-0.2, -0.15) is 0 Å². The number of β-amino-alcohol motifs (C(OH)–C–C–N with tert-alkyl or cyclic N) is 1. The molecule has 1 aliphatic heterocycles. The molecule has 1 aromatic carbocycles. The van der Waals surface area contributed by atoms with E-state index in [1.54, 1.807) is 0 Å². The smallest absolute Gasteiger partial charge is 0.119 e. The Kier molecular flexibility index (Phi) is 10.9. The second kappa shape index (κ2) is 12.1. The summed E-state index contributed by atoms with van der Waals surface area (Å²) in [6.07, 6.45) is -0.434. The van der Waals surface area contributed by atoms with Gasteiger partial charge in [0.1, 0.15) is 12.4 Å². The number of likely N-dealkylation sites (N-methyl/N-ethyl adjacent to an activating group) is 1. The number of aliphatic hydroxyl groups is 1. The molecule has 1 saturated heterocycles. The molecule has 0 aromatic heterocycles. The fourth-order valence-corrected chi connectivity index (χ4v) is 2.87. The summed E-state index contributed by atoms with van der Waals surface area (Å²) in [6.45, 7) is 9.54. The summed E-state index contributed by atoms with van der Waals surface area (Å²) < 4.78 is 12.1. The molecule has 1 atom stereocenters. The predicted molar refractivity (Wildman–Crippen MR) is 102 cm³/mol. The first-order valence-corrected chi connectivity index (χ1v) is 9.05. The molecule has 1 aliphatic rings. The Bertz CT molecular complexity index is 442. The van der Waals surface area contributed by atoms with E-state index in [4.69, 9.17) is 9.47 Å². The van der Waals surface area contributed by atoms with E-state index in [1.165, 1.54) is 0 Å². The Labute approximate surface area is 159 Å². The Morgan fingerprint density at radius 3 is 2.33 bits per heavy atom. The summed E-state index contributed by atoms with van der Waals surface area (Å²) in [5.41, 5.74) is 0. The summed E-state index contributed by atoms with van der Waals surface area (Å²) in [7, 11) is 0. The summed E-state index contributed by atoms with van der Waals surface area (Å²) in [6, 6.07) is 7.71. The van der Waals surface area contributed by atoms with Gasteiger partial charge in [-0.25, -0.2) is 0 Å². The van der Waals surface area contributed by atoms with Gasteiger partial charge in [0.25, 0.3) is 0 Å². The van der Waals surface area contributed by atoms with Crippen molar-refractivity contribution >= 4 is 28.3 Å². The van der Waals surface area contributed by atoms with Crippen LogP contribution in [0.5, 0.6) is 5.75 Å². The van der Waals surface area contributed by atoms with E-state index in [2.05, 4.69) is 32.7 Å². The van der Waals surface area contributed by atoms with Crippen molar-refractivity contribution in [2.75, 3.05) is 59.1 Å². The summed E-state index contributed by atoms with van der Waals surface area (Å²) in [5.74, 6) is 0.825. The van der Waals surface area contributed by atoms with Crippen LogP contribution in [0, 0.1) is 0 Å². The lowest BCUT2D eigenvalue weighted by Gasteiger charge is -2.34. The highest BCUT2D eigenvalue weighted by Crippen LogP contribution is 2.15. The van der Waals surface area contributed by atoms with E-state index >= 15 is 0 Å². The van der Waals surface area contributed by atoms with Gasteiger partial charge in [-0.3, -0.25) is 4.90 Å². The van der Waals surface area contributed by atoms with Crippen LogP contribution in [-0.2, 0) is 4.74 Å². The minimum atomic E-state index is -0.434. The SMILES string of the molecule is CCN1CCN(CC(O)COCCOc2ccc(Br)cc2)CC1.Cl. The Morgan fingerprint density at radius 1 is 1.08 bits per heavy atom. The van der Waals surface area contributed by atoms with E-state index in [1.807, 2.05) is 24.3 Å². The van der Waals surface area contributed by atoms with Crippen molar-refractivity contribution in [3.05, 3.63) is 28.7 Å². The highest BCUT2D eigenvalue weighted by Gasteiger charge is 2.18. The van der Waals surface area contributed by atoms with Crippen molar-refractivity contribution in [3.63, 3.8) is 0 Å². The van der Waals surface area contributed by atoms with Crippen molar-refractivity contribution in [2.24, 2.45) is 0 Å². The molecule has 1 heterocycles. The number of halogens is 2. The normalized spacial score (nSPS) is 17.3. The largest absolute Gasteiger partial charge is 0.491 e. The van der Waals surface area contributed by atoms with Crippen LogP contribution in [-0.4, -0.2) is 80.1 Å². The fourth-order valence-electron chi connectivity index (χ4n) is 2.61. The number of nitrogens with zero attached hydrogens (tertiary/aromatic N) is 2. The van der Waals surface area contributed by atoms with Crippen LogP contribution in [0.15, 0.2) is 28.7 Å². The molecule has 0 bridgehead atoms. The highest BCUT2D eigenvalue weighted by atomic mass is 79.9. The Hall–Kier alpha value is -0.370. The third kappa shape index (κ3) is 8.14. The number of hydrogen-bond donors (Lipinski definition) is 1. The molecule has 24 heavy (non-hydrogen) atoms. The van der Waals surface area contributed by atoms with E-state index in [0.717, 1.165) is 42.9 Å². The quantitative estimate of drug-likeness (QED) is 0.617. The fraction of sp³-hybridized carbons (Fsp3) is 0.647. The number of hydrogen-bond acceptors (Lipinski definition) is 5. The minimum absolute atomic E-state index is 0. The average molecular weight is 424 g/mol. The van der Waals surface area contributed by atoms with Crippen LogP contribution in [0.4, 0.5) is 0 Å². The molecule has 1 fully saturated rings. The van der Waals surface area contributed by atoms with Gasteiger partial charge in [-0.05, 0) is 30.8 Å². The van der Waals surface area contributed by atoms with Crippen molar-refractivity contribution in [1.82, 2.24) is 9.80 Å². The molecule has 0 spiro atoms. The summed E-state index contributed by atoms with van der Waals surface area (Å²) >= 11 is 3.39. The lowest BCUT2D eigenvalue weighted by atomic mass is 10.2. The molecule has 2 rings (SSSR count). The zero-order valence-electron chi connectivity index (χ0n) is 14.2. The number of rotatable bonds is 9. The van der Waals surface area contributed by atoms with Gasteiger partial charge >= 0.3 is 0 Å². The first-order valence-electron chi connectivity index (χ1n) is 8.26. The van der Waals surface area contributed by atoms with Crippen LogP contribution >= 0.6 is 28.3 Å². The molecule has 1 N–H and O–H groups in total. The minimum Gasteiger partial charge on any atom is -0.491 e. The van der Waals surface area contributed by atoms with Crippen LogP contribution in [0.25, 0.3) is 0 Å². The highest BCUT2D eigenvalue weighted by molar-refractivity contribution is 9.10. The number of ether oxygens (including phenoxy) is 2. The van der Waals surface area contributed by atoms with E-state index in [9.17, 15) is 5.11 Å². The molecular weight excluding hydrogens is 396 g/mol. The zero-order chi connectivity index (χ0) is 16.5. The average Bonchev–Trinajstić information content (AvgIpc) is 2.57. The van der Waals surface area contributed by atoms with Crippen LogP contribution in [0.2, 0.25) is 0 Å². The molecule has 0 amide bonds. The third-order valence-corrected chi connectivity index (χ3v) is 4.53. The maximum absolute atomic E-state index is 10.0. The maximum atomic E-state index is 10.0. The van der Waals surface area contributed by atoms with Crippen molar-refractivity contribution in [1.29, 1.82) is 0 Å². The van der Waals surface area contributed by atoms with E-state index < -0.39 is 6.10 Å². The first kappa shape index (κ1) is 21.7. The molecule has 1 aromatic rings. The lowest BCUT2D eigenvalue weighted by molar-refractivity contribution is 0.000391. The van der Waals surface area contributed by atoms with Crippen molar-refractivity contribution in [2.45, 2.75) is 13.0 Å². The van der Waals surface area contributed by atoms with Crippen molar-refractivity contribution < 1.29 is 14.6 Å². The van der Waals surface area contributed by atoms with Gasteiger partial charge in [0.05, 0.1) is 19.3 Å². The number of aliphatic hydroxyl groups excluding tert-OH is 1. The van der Waals surface area contributed by atoms with E-state index in [-0.39, 0.29) is 12.4 Å². The molecule has 1 unspecified atom stereocenters. The molecule has 5 nitrogen and oxygen atoms in total. The van der Waals surface area contributed by atoms with Crippen LogP contribution < -0.4 is 4.74 Å². The topological polar surface area (TPSA) is 45.2 Å². The number of benzene rings is 1. The lowest BCUT2D eigenvalue weighted by Crippen LogP contribution is -2.48. The second-order valence-corrected chi connectivity index (χ2v) is 6.68. The van der Waals surface area contributed by atoms with Crippen molar-refractivity contribution in [3.8, 4) is 5.75 Å². The molecule has 0 aliphatic carbocycles. The summed E-state index contributed by atoms with van der Waals surface area (Å²) in [5, 5.41) is 10.0. The summed E-state index contributed by atoms with van der Waals surface area (Å²) in [4.78, 5) is 4.73. The maximum Gasteiger partial charge on any atom is 0.119 e. The van der Waals surface area contributed by atoms with Gasteiger partial charge in [-0.1, -0.05) is 22.9 Å². The molecule has 7 heteroatoms. The van der Waals surface area contributed by atoms with Gasteiger partial charge in [0, 0.05) is 37.2 Å². The van der Waals surface area contributed by atoms with Crippen LogP contribution in [0.3, 0.4) is 0 Å². The van der Waals surface area contributed by atoms with Gasteiger partial charge in [-0.15, -0.1) is 12.4 Å². The molecule has 0 radical (unpaired) electrons. The van der Waals surface area contributed by atoms with Gasteiger partial charge in [0.2, 0.25) is 0 Å². The van der Waals surface area contributed by atoms with Crippen LogP contribution in [0.1, 0.15) is 6.92 Å². The monoisotopic (exact) mass is 422 g/mol. The van der Waals surface area contributed by atoms with Gasteiger partial charge < -0.3 is 19.5 Å². The predicted octanol–water partition coefficient (Wildman–Crippen LogP) is 2.26. The molecule has 0 saturated carbocycles. The standard InChI is InChI=1S/C17H27BrN2O3.ClH/c1-2-19-7-9-20(10-8-19)13-16(21)14-22-11-12-23-17-5-3-15(18)4-6-17;/h3-6,16,21H,2,7-14H2,1H3;1H. The zero-order valence-corrected chi connectivity index (χ0v) is 16.6. The third-order valence-electron chi connectivity index (χ3n) is 4.00.